The number of halogens is 3. The molecular weight excluding hydrogens is 385 g/mol. The van der Waals surface area contributed by atoms with Crippen LogP contribution >= 0.6 is 0 Å². The first kappa shape index (κ1) is 20.7. The summed E-state index contributed by atoms with van der Waals surface area (Å²) in [6, 6.07) is 6.87. The number of nitrogens with one attached hydrogen (secondary N) is 1. The van der Waals surface area contributed by atoms with Crippen LogP contribution in [0.25, 0.3) is 16.9 Å². The molecule has 4 N–H and O–H groups in total. The Morgan fingerprint density at radius 2 is 2.07 bits per heavy atom. The average Bonchev–Trinajstić information content (AvgIpc) is 3.04. The largest absolute Gasteiger partial charge is 0.396 e. The maximum Gasteiger partial charge on any atom is 0.390 e. The number of amides is 1. The molecule has 2 aromatic heterocycles. The summed E-state index contributed by atoms with van der Waals surface area (Å²) in [5, 5.41) is 12.1. The number of rotatable bonds is 7. The van der Waals surface area contributed by atoms with Gasteiger partial charge in [0.15, 0.2) is 5.65 Å². The molecule has 0 aliphatic heterocycles. The van der Waals surface area contributed by atoms with Crippen LogP contribution in [-0.4, -0.2) is 39.7 Å². The van der Waals surface area contributed by atoms with Crippen molar-refractivity contribution >= 4 is 17.2 Å². The van der Waals surface area contributed by atoms with Gasteiger partial charge in [-0.25, -0.2) is 4.98 Å². The Morgan fingerprint density at radius 3 is 2.69 bits per heavy atom. The van der Waals surface area contributed by atoms with Crippen molar-refractivity contribution < 1.29 is 23.1 Å². The van der Waals surface area contributed by atoms with Crippen molar-refractivity contribution in [1.82, 2.24) is 9.38 Å². The predicted octanol–water partition coefficient (Wildman–Crippen LogP) is 3.31. The molecular formula is C20H21F3N4O2. The molecule has 29 heavy (non-hydrogen) atoms. The van der Waals surface area contributed by atoms with E-state index in [9.17, 15) is 23.1 Å². The van der Waals surface area contributed by atoms with E-state index in [1.807, 2.05) is 0 Å². The number of aliphatic hydroxyl groups excluding tert-OH is 1. The molecule has 154 valence electrons. The van der Waals surface area contributed by atoms with Gasteiger partial charge in [0.2, 0.25) is 5.91 Å². The molecule has 2 heterocycles. The topological polar surface area (TPSA) is 92.7 Å². The van der Waals surface area contributed by atoms with Crippen molar-refractivity contribution in [2.45, 2.75) is 25.9 Å². The summed E-state index contributed by atoms with van der Waals surface area (Å²) < 4.78 is 39.3. The summed E-state index contributed by atoms with van der Waals surface area (Å²) in [6.45, 7) is 1.40. The molecule has 9 heteroatoms. The Hall–Kier alpha value is -3.07. The molecule has 0 radical (unpaired) electrons. The molecule has 0 bridgehead atoms. The fourth-order valence-electron chi connectivity index (χ4n) is 3.19. The van der Waals surface area contributed by atoms with Crippen LogP contribution in [0.15, 0.2) is 36.7 Å². The van der Waals surface area contributed by atoms with Gasteiger partial charge in [0.25, 0.3) is 0 Å². The number of pyridine rings is 1. The van der Waals surface area contributed by atoms with Crippen molar-refractivity contribution in [3.05, 3.63) is 53.3 Å². The van der Waals surface area contributed by atoms with E-state index in [0.717, 1.165) is 11.1 Å². The molecule has 3 aromatic rings. The molecule has 0 aliphatic carbocycles. The molecule has 1 aromatic carbocycles. The monoisotopic (exact) mass is 406 g/mol. The second kappa shape index (κ2) is 8.12. The molecule has 3 rings (SSSR count). The van der Waals surface area contributed by atoms with Crippen LogP contribution in [0.2, 0.25) is 0 Å². The van der Waals surface area contributed by atoms with E-state index in [-0.39, 0.29) is 13.2 Å². The first-order chi connectivity index (χ1) is 13.7. The van der Waals surface area contributed by atoms with E-state index in [0.29, 0.717) is 34.6 Å². The van der Waals surface area contributed by atoms with Gasteiger partial charge in [-0.3, -0.25) is 9.20 Å². The molecule has 0 saturated heterocycles. The third-order valence-electron chi connectivity index (χ3n) is 4.57. The number of nitrogens with two attached hydrogens (primary N) is 1. The van der Waals surface area contributed by atoms with Gasteiger partial charge in [0.1, 0.15) is 0 Å². The number of fused-ring (bicyclic) bond motifs is 1. The minimum absolute atomic E-state index is 0.0933. The number of hydrogen-bond acceptors (Lipinski definition) is 4. The summed E-state index contributed by atoms with van der Waals surface area (Å²) in [7, 11) is 0. The predicted molar refractivity (Wildman–Crippen MR) is 104 cm³/mol. The zero-order chi connectivity index (χ0) is 21.2. The van der Waals surface area contributed by atoms with Crippen LogP contribution in [0.4, 0.5) is 18.9 Å². The van der Waals surface area contributed by atoms with Crippen LogP contribution in [0.5, 0.6) is 0 Å². The fourth-order valence-corrected chi connectivity index (χ4v) is 3.19. The van der Waals surface area contributed by atoms with Gasteiger partial charge in [-0.1, -0.05) is 6.07 Å². The van der Waals surface area contributed by atoms with E-state index in [1.54, 1.807) is 48.0 Å². The quantitative estimate of drug-likeness (QED) is 0.561. The average molecular weight is 406 g/mol. The van der Waals surface area contributed by atoms with Crippen LogP contribution in [0.1, 0.15) is 27.9 Å². The third-order valence-corrected chi connectivity index (χ3v) is 4.57. The highest BCUT2D eigenvalue weighted by atomic mass is 19.4. The summed E-state index contributed by atoms with van der Waals surface area (Å²) in [6.07, 6.45) is -1.47. The number of aryl methyl sites for hydroxylation is 1. The minimum atomic E-state index is -4.26. The second-order valence-electron chi connectivity index (χ2n) is 6.76. The van der Waals surface area contributed by atoms with Crippen LogP contribution < -0.4 is 11.1 Å². The van der Waals surface area contributed by atoms with Crippen molar-refractivity contribution in [2.75, 3.05) is 18.5 Å². The van der Waals surface area contributed by atoms with Gasteiger partial charge in [-0.2, -0.15) is 13.2 Å². The van der Waals surface area contributed by atoms with Crippen LogP contribution in [0, 0.1) is 6.92 Å². The second-order valence-corrected chi connectivity index (χ2v) is 6.76. The Bertz CT molecular complexity index is 1040. The normalized spacial score (nSPS) is 11.8. The summed E-state index contributed by atoms with van der Waals surface area (Å²) in [5.74, 6) is -0.520. The maximum atomic E-state index is 12.5. The lowest BCUT2D eigenvalue weighted by Crippen LogP contribution is -2.15. The van der Waals surface area contributed by atoms with Crippen molar-refractivity contribution in [3.63, 3.8) is 0 Å². The number of primary amides is 1. The molecule has 6 nitrogen and oxygen atoms in total. The number of hydrogen-bond donors (Lipinski definition) is 3. The number of aromatic nitrogens is 2. The van der Waals surface area contributed by atoms with Crippen molar-refractivity contribution in [2.24, 2.45) is 5.73 Å². The maximum absolute atomic E-state index is 12.5. The highest BCUT2D eigenvalue weighted by molar-refractivity contribution is 5.94. The molecule has 0 atom stereocenters. The Morgan fingerprint density at radius 1 is 1.31 bits per heavy atom. The number of aliphatic hydroxyl groups is 1. The van der Waals surface area contributed by atoms with Crippen LogP contribution in [0.3, 0.4) is 0 Å². The molecule has 0 saturated carbocycles. The number of carbonyl (C=O) groups excluding carboxylic acids is 1. The van der Waals surface area contributed by atoms with E-state index < -0.39 is 18.5 Å². The van der Waals surface area contributed by atoms with E-state index in [2.05, 4.69) is 10.3 Å². The molecule has 0 aliphatic rings. The first-order valence-corrected chi connectivity index (χ1v) is 9.02. The van der Waals surface area contributed by atoms with E-state index in [1.165, 1.54) is 0 Å². The molecule has 0 unspecified atom stereocenters. The zero-order valence-electron chi connectivity index (χ0n) is 15.8. The summed E-state index contributed by atoms with van der Waals surface area (Å²) in [5.41, 5.74) is 9.64. The third kappa shape index (κ3) is 4.68. The Balaban J connectivity index is 2.03. The van der Waals surface area contributed by atoms with Crippen molar-refractivity contribution in [3.8, 4) is 11.3 Å². The number of imidazole rings is 1. The lowest BCUT2D eigenvalue weighted by Gasteiger charge is -2.13. The SMILES string of the molecule is Cc1cc(-c2cnc3c(NCCC(F)(F)F)cc(CCO)cn23)ccc1C(N)=O. The smallest absolute Gasteiger partial charge is 0.390 e. The summed E-state index contributed by atoms with van der Waals surface area (Å²) >= 11 is 0. The molecule has 0 fully saturated rings. The number of anilines is 1. The number of carbonyl (C=O) groups is 1. The fraction of sp³-hybridized carbons (Fsp3) is 0.300. The lowest BCUT2D eigenvalue weighted by atomic mass is 10.0. The van der Waals surface area contributed by atoms with Gasteiger partial charge in [-0.05, 0) is 42.7 Å². The van der Waals surface area contributed by atoms with Gasteiger partial charge >= 0.3 is 6.18 Å². The highest BCUT2D eigenvalue weighted by Gasteiger charge is 2.26. The van der Waals surface area contributed by atoms with Crippen LogP contribution in [-0.2, 0) is 6.42 Å². The lowest BCUT2D eigenvalue weighted by molar-refractivity contribution is -0.131. The standard InChI is InChI=1S/C20H21F3N4O2/c1-12-8-14(2-3-15(12)18(24)29)17-10-26-19-16(25-6-5-20(21,22)23)9-13(4-7-28)11-27(17)19/h2-3,8-11,25,28H,4-7H2,1H3,(H2,24,29). The van der Waals surface area contributed by atoms with Gasteiger partial charge in [0.05, 0.1) is 24.0 Å². The zero-order valence-corrected chi connectivity index (χ0v) is 15.8. The highest BCUT2D eigenvalue weighted by Crippen LogP contribution is 2.28. The minimum Gasteiger partial charge on any atom is -0.396 e. The number of benzene rings is 1. The Kier molecular flexibility index (Phi) is 5.78. The molecule has 1 amide bonds. The van der Waals surface area contributed by atoms with Crippen molar-refractivity contribution in [1.29, 1.82) is 0 Å². The van der Waals surface area contributed by atoms with E-state index in [4.69, 9.17) is 5.73 Å². The van der Waals surface area contributed by atoms with Gasteiger partial charge in [-0.15, -0.1) is 0 Å². The van der Waals surface area contributed by atoms with Gasteiger partial charge in [0, 0.05) is 30.5 Å². The number of alkyl halides is 3. The summed E-state index contributed by atoms with van der Waals surface area (Å²) in [4.78, 5) is 15.8. The molecule has 0 spiro atoms. The first-order valence-electron chi connectivity index (χ1n) is 9.02. The Labute approximate surface area is 165 Å². The number of nitrogens with zero attached hydrogens (tertiary/aromatic N) is 2. The van der Waals surface area contributed by atoms with Gasteiger partial charge < -0.3 is 16.2 Å². The van der Waals surface area contributed by atoms with E-state index >= 15 is 0 Å².